The molecule has 2 saturated heterocycles. The van der Waals surface area contributed by atoms with Crippen LogP contribution in [0, 0.1) is 5.92 Å². The Bertz CT molecular complexity index is 660. The molecule has 2 aliphatic rings. The second-order valence-corrected chi connectivity index (χ2v) is 7.12. The largest absolute Gasteiger partial charge is 0.445 e. The summed E-state index contributed by atoms with van der Waals surface area (Å²) >= 11 is 1.44. The fraction of sp³-hybridized carbons (Fsp3) is 0.412. The van der Waals surface area contributed by atoms with Gasteiger partial charge in [0.2, 0.25) is 5.06 Å². The van der Waals surface area contributed by atoms with Crippen molar-refractivity contribution in [3.8, 4) is 10.8 Å². The Balaban J connectivity index is 1.36. The monoisotopic (exact) mass is 329 g/mol. The van der Waals surface area contributed by atoms with Gasteiger partial charge in [-0.25, -0.2) is 4.98 Å². The highest BCUT2D eigenvalue weighted by Gasteiger charge is 2.32. The number of rotatable bonds is 4. The molecular weight excluding hydrogens is 310 g/mol. The zero-order valence-corrected chi connectivity index (χ0v) is 13.6. The van der Waals surface area contributed by atoms with Crippen LogP contribution in [0.15, 0.2) is 36.0 Å². The first-order valence-corrected chi connectivity index (χ1v) is 8.84. The van der Waals surface area contributed by atoms with Gasteiger partial charge in [0, 0.05) is 24.7 Å². The molecule has 0 radical (unpaired) electrons. The third-order valence-corrected chi connectivity index (χ3v) is 5.19. The van der Waals surface area contributed by atoms with Crippen LogP contribution in [0.3, 0.4) is 0 Å². The molecule has 0 aliphatic carbocycles. The van der Waals surface area contributed by atoms with Crippen molar-refractivity contribution < 1.29 is 9.53 Å². The molecule has 1 unspecified atom stereocenters. The van der Waals surface area contributed by atoms with Crippen LogP contribution >= 0.6 is 11.3 Å². The summed E-state index contributed by atoms with van der Waals surface area (Å²) < 4.78 is 5.66. The number of carbonyl (C=O) groups excluding carboxylic acids is 1. The van der Waals surface area contributed by atoms with Crippen LogP contribution in [-0.4, -0.2) is 41.5 Å². The number of benzene rings is 1. The molecule has 23 heavy (non-hydrogen) atoms. The maximum Gasteiger partial charge on any atom is 0.251 e. The van der Waals surface area contributed by atoms with Gasteiger partial charge in [-0.2, -0.15) is 0 Å². The van der Waals surface area contributed by atoms with E-state index in [2.05, 4.69) is 15.2 Å². The number of fused-ring (bicyclic) bond motifs is 2. The highest BCUT2D eigenvalue weighted by Crippen LogP contribution is 2.27. The van der Waals surface area contributed by atoms with Crippen LogP contribution < -0.4 is 10.1 Å². The van der Waals surface area contributed by atoms with Gasteiger partial charge >= 0.3 is 0 Å². The zero-order chi connectivity index (χ0) is 15.6. The molecule has 1 aromatic heterocycles. The number of hydrogen-bond donors (Lipinski definition) is 1. The van der Waals surface area contributed by atoms with Crippen LogP contribution in [0.25, 0.3) is 0 Å². The number of hydrogen-bond acceptors (Lipinski definition) is 5. The van der Waals surface area contributed by atoms with Crippen molar-refractivity contribution in [3.63, 3.8) is 0 Å². The summed E-state index contributed by atoms with van der Waals surface area (Å²) in [7, 11) is 0. The number of amides is 1. The van der Waals surface area contributed by atoms with Crippen LogP contribution in [0.1, 0.15) is 23.2 Å². The Morgan fingerprint density at radius 2 is 2.17 bits per heavy atom. The average molecular weight is 329 g/mol. The molecule has 0 spiro atoms. The van der Waals surface area contributed by atoms with E-state index in [4.69, 9.17) is 4.74 Å². The first kappa shape index (κ1) is 14.7. The number of ether oxygens (including phenoxy) is 1. The number of nitrogens with one attached hydrogen (secondary N) is 1. The van der Waals surface area contributed by atoms with Gasteiger partial charge in [-0.1, -0.05) is 11.3 Å². The Hall–Kier alpha value is -1.92. The van der Waals surface area contributed by atoms with Crippen molar-refractivity contribution in [1.29, 1.82) is 0 Å². The molecule has 6 heteroatoms. The zero-order valence-electron chi connectivity index (χ0n) is 12.8. The van der Waals surface area contributed by atoms with E-state index in [1.807, 2.05) is 24.3 Å². The van der Waals surface area contributed by atoms with Gasteiger partial charge in [-0.05, 0) is 49.6 Å². The molecule has 4 rings (SSSR count). The highest BCUT2D eigenvalue weighted by atomic mass is 32.1. The van der Waals surface area contributed by atoms with Gasteiger partial charge in [0.25, 0.3) is 5.91 Å². The van der Waals surface area contributed by atoms with Crippen molar-refractivity contribution in [3.05, 3.63) is 41.5 Å². The molecule has 3 atom stereocenters. The van der Waals surface area contributed by atoms with Crippen molar-refractivity contribution in [1.82, 2.24) is 15.2 Å². The maximum atomic E-state index is 12.4. The predicted octanol–water partition coefficient (Wildman–Crippen LogP) is 2.76. The Morgan fingerprint density at radius 1 is 1.30 bits per heavy atom. The summed E-state index contributed by atoms with van der Waals surface area (Å²) in [4.78, 5) is 18.8. The lowest BCUT2D eigenvalue weighted by molar-refractivity contribution is 0.0909. The van der Waals surface area contributed by atoms with Gasteiger partial charge < -0.3 is 15.0 Å². The van der Waals surface area contributed by atoms with E-state index < -0.39 is 0 Å². The van der Waals surface area contributed by atoms with E-state index in [0.717, 1.165) is 23.9 Å². The third-order valence-electron chi connectivity index (χ3n) is 4.55. The molecular formula is C17H19N3O2S. The van der Waals surface area contributed by atoms with E-state index in [-0.39, 0.29) is 11.9 Å². The molecule has 2 fully saturated rings. The van der Waals surface area contributed by atoms with Crippen LogP contribution in [0.4, 0.5) is 0 Å². The molecule has 3 heterocycles. The van der Waals surface area contributed by atoms with Crippen molar-refractivity contribution >= 4 is 17.2 Å². The van der Waals surface area contributed by atoms with Crippen molar-refractivity contribution in [2.75, 3.05) is 19.6 Å². The molecule has 1 N–H and O–H groups in total. The minimum Gasteiger partial charge on any atom is -0.445 e. The lowest BCUT2D eigenvalue weighted by Crippen LogP contribution is -2.46. The minimum atomic E-state index is 0.00170. The number of thiazole rings is 1. The predicted molar refractivity (Wildman–Crippen MR) is 89.0 cm³/mol. The third kappa shape index (κ3) is 3.38. The first-order chi connectivity index (χ1) is 11.3. The van der Waals surface area contributed by atoms with E-state index >= 15 is 0 Å². The fourth-order valence-electron chi connectivity index (χ4n) is 3.48. The lowest BCUT2D eigenvalue weighted by Gasteiger charge is -2.30. The maximum absolute atomic E-state index is 12.4. The Kier molecular flexibility index (Phi) is 4.01. The standard InChI is InChI=1S/C17H19N3O2S/c21-17(19-14-7-12-5-6-20(9-12)10-14)13-1-3-15(4-2-13)22-16-8-18-11-23-16/h1-4,8,11-12,14H,5-7,9-10H2,(H,19,21)/t12-,14+/m0/s1. The Labute approximate surface area is 139 Å². The lowest BCUT2D eigenvalue weighted by atomic mass is 9.96. The summed E-state index contributed by atoms with van der Waals surface area (Å²) in [5, 5.41) is 3.92. The molecule has 0 saturated carbocycles. The molecule has 1 aromatic carbocycles. The van der Waals surface area contributed by atoms with E-state index in [9.17, 15) is 4.79 Å². The van der Waals surface area contributed by atoms with Gasteiger partial charge in [0.15, 0.2) is 0 Å². The minimum absolute atomic E-state index is 0.00170. The van der Waals surface area contributed by atoms with E-state index in [0.29, 0.717) is 11.3 Å². The topological polar surface area (TPSA) is 54.5 Å². The number of piperidine rings is 1. The summed E-state index contributed by atoms with van der Waals surface area (Å²) in [6, 6.07) is 7.54. The molecule has 5 nitrogen and oxygen atoms in total. The molecule has 1 amide bonds. The molecule has 2 bridgehead atoms. The first-order valence-electron chi connectivity index (χ1n) is 7.96. The smallest absolute Gasteiger partial charge is 0.251 e. The molecule has 120 valence electrons. The van der Waals surface area contributed by atoms with E-state index in [1.54, 1.807) is 11.7 Å². The van der Waals surface area contributed by atoms with E-state index in [1.165, 1.54) is 30.8 Å². The Morgan fingerprint density at radius 3 is 2.91 bits per heavy atom. The SMILES string of the molecule is O=C(N[C@@H]1C[C@@H]2CCN(C2)C1)c1ccc(Oc2cncs2)cc1. The number of aromatic nitrogens is 1. The quantitative estimate of drug-likeness (QED) is 0.937. The van der Waals surface area contributed by atoms with Crippen LogP contribution in [0.5, 0.6) is 10.8 Å². The molecule has 2 aliphatic heterocycles. The summed E-state index contributed by atoms with van der Waals surface area (Å²) in [5.74, 6) is 1.47. The highest BCUT2D eigenvalue weighted by molar-refractivity contribution is 7.11. The van der Waals surface area contributed by atoms with Gasteiger partial charge in [0.05, 0.1) is 11.7 Å². The average Bonchev–Trinajstić information content (AvgIpc) is 3.18. The second-order valence-electron chi connectivity index (χ2n) is 6.27. The summed E-state index contributed by atoms with van der Waals surface area (Å²) in [6.07, 6.45) is 4.06. The van der Waals surface area contributed by atoms with Crippen molar-refractivity contribution in [2.24, 2.45) is 5.92 Å². The summed E-state index contributed by atoms with van der Waals surface area (Å²) in [5.41, 5.74) is 2.40. The van der Waals surface area contributed by atoms with Gasteiger partial charge in [0.1, 0.15) is 5.75 Å². The fourth-order valence-corrected chi connectivity index (χ4v) is 3.97. The summed E-state index contributed by atoms with van der Waals surface area (Å²) in [6.45, 7) is 3.37. The molecule has 2 aromatic rings. The van der Waals surface area contributed by atoms with Crippen molar-refractivity contribution in [2.45, 2.75) is 18.9 Å². The number of nitrogens with zero attached hydrogens (tertiary/aromatic N) is 2. The van der Waals surface area contributed by atoms with Crippen LogP contribution in [0.2, 0.25) is 0 Å². The normalized spacial score (nSPS) is 26.0. The second kappa shape index (κ2) is 6.29. The van der Waals surface area contributed by atoms with Crippen LogP contribution in [-0.2, 0) is 0 Å². The number of carbonyl (C=O) groups is 1. The van der Waals surface area contributed by atoms with Gasteiger partial charge in [-0.15, -0.1) is 0 Å². The van der Waals surface area contributed by atoms with Gasteiger partial charge in [-0.3, -0.25) is 4.79 Å².